The van der Waals surface area contributed by atoms with Crippen LogP contribution in [0.1, 0.15) is 32.3 Å². The smallest absolute Gasteiger partial charge is 0.244 e. The average Bonchev–Trinajstić information content (AvgIpc) is 2.85. The molecular formula is C25H34BrN3O6S. The van der Waals surface area contributed by atoms with Crippen molar-refractivity contribution in [2.45, 2.75) is 39.3 Å². The molecule has 2 aromatic rings. The number of sulfonamides is 1. The van der Waals surface area contributed by atoms with Gasteiger partial charge in [-0.1, -0.05) is 41.4 Å². The second-order valence-electron chi connectivity index (χ2n) is 8.28. The zero-order valence-electron chi connectivity index (χ0n) is 21.3. The number of amides is 2. The Balaban J connectivity index is 2.39. The fourth-order valence-corrected chi connectivity index (χ4v) is 4.60. The van der Waals surface area contributed by atoms with E-state index in [2.05, 4.69) is 21.2 Å². The molecule has 2 amide bonds. The maximum absolute atomic E-state index is 13.6. The zero-order chi connectivity index (χ0) is 26.9. The molecule has 0 aromatic heterocycles. The maximum atomic E-state index is 13.6. The van der Waals surface area contributed by atoms with Crippen molar-refractivity contribution < 1.29 is 27.5 Å². The molecule has 0 aliphatic rings. The van der Waals surface area contributed by atoms with Crippen LogP contribution in [-0.2, 0) is 26.2 Å². The van der Waals surface area contributed by atoms with Crippen LogP contribution in [0, 0.1) is 0 Å². The summed E-state index contributed by atoms with van der Waals surface area (Å²) >= 11 is 3.39. The number of carbonyl (C=O) groups is 2. The van der Waals surface area contributed by atoms with Gasteiger partial charge in [0.1, 0.15) is 12.6 Å². The normalized spacial score (nSPS) is 11.9. The van der Waals surface area contributed by atoms with E-state index in [1.165, 1.54) is 31.3 Å². The number of unbranched alkanes of at least 4 members (excludes halogenated alkanes) is 1. The summed E-state index contributed by atoms with van der Waals surface area (Å²) in [5.41, 5.74) is 1.05. The van der Waals surface area contributed by atoms with Crippen molar-refractivity contribution in [3.63, 3.8) is 0 Å². The van der Waals surface area contributed by atoms with E-state index in [1.54, 1.807) is 13.0 Å². The predicted molar refractivity (Wildman–Crippen MR) is 144 cm³/mol. The minimum Gasteiger partial charge on any atom is -0.493 e. The molecule has 0 bridgehead atoms. The van der Waals surface area contributed by atoms with Gasteiger partial charge in [0.25, 0.3) is 0 Å². The Kier molecular flexibility index (Phi) is 11.0. The SMILES string of the molecule is CCCCNC(=O)[C@@H](C)N(Cc1ccc(Br)cc1)C(=O)CN(c1ccc(OC)c(OC)c1)S(C)(=O)=O. The van der Waals surface area contributed by atoms with Crippen LogP contribution >= 0.6 is 15.9 Å². The highest BCUT2D eigenvalue weighted by Crippen LogP contribution is 2.32. The summed E-state index contributed by atoms with van der Waals surface area (Å²) in [7, 11) is -0.935. The molecule has 2 rings (SSSR count). The first-order valence-corrected chi connectivity index (χ1v) is 14.2. The van der Waals surface area contributed by atoms with Crippen LogP contribution in [-0.4, -0.2) is 64.7 Å². The molecule has 0 saturated carbocycles. The van der Waals surface area contributed by atoms with Crippen molar-refractivity contribution in [1.82, 2.24) is 10.2 Å². The Bertz CT molecular complexity index is 1140. The molecule has 198 valence electrons. The van der Waals surface area contributed by atoms with Gasteiger partial charge in [-0.3, -0.25) is 13.9 Å². The molecule has 0 unspecified atom stereocenters. The van der Waals surface area contributed by atoms with Crippen LogP contribution in [0.25, 0.3) is 0 Å². The number of nitrogens with zero attached hydrogens (tertiary/aromatic N) is 2. The minimum atomic E-state index is -3.85. The van der Waals surface area contributed by atoms with Crippen molar-refractivity contribution in [1.29, 1.82) is 0 Å². The summed E-state index contributed by atoms with van der Waals surface area (Å²) in [6.07, 6.45) is 2.77. The van der Waals surface area contributed by atoms with Gasteiger partial charge in [-0.2, -0.15) is 0 Å². The van der Waals surface area contributed by atoms with Gasteiger partial charge in [0.15, 0.2) is 11.5 Å². The predicted octanol–water partition coefficient (Wildman–Crippen LogP) is 3.57. The van der Waals surface area contributed by atoms with E-state index in [-0.39, 0.29) is 18.1 Å². The Labute approximate surface area is 221 Å². The largest absolute Gasteiger partial charge is 0.493 e. The number of hydrogen-bond donors (Lipinski definition) is 1. The number of hydrogen-bond acceptors (Lipinski definition) is 6. The molecule has 36 heavy (non-hydrogen) atoms. The maximum Gasteiger partial charge on any atom is 0.244 e. The fourth-order valence-electron chi connectivity index (χ4n) is 3.50. The standard InChI is InChI=1S/C25H34BrN3O6S/c1-6-7-14-27-25(31)18(2)28(16-19-8-10-20(26)11-9-19)24(30)17-29(36(5,32)33)21-12-13-22(34-3)23(15-21)35-4/h8-13,15,18H,6-7,14,16-17H2,1-5H3,(H,27,31)/t18-/m1/s1. The van der Waals surface area contributed by atoms with Gasteiger partial charge in [0, 0.05) is 23.6 Å². The number of benzene rings is 2. The molecule has 0 radical (unpaired) electrons. The van der Waals surface area contributed by atoms with Gasteiger partial charge >= 0.3 is 0 Å². The summed E-state index contributed by atoms with van der Waals surface area (Å²) < 4.78 is 37.8. The average molecular weight is 585 g/mol. The van der Waals surface area contributed by atoms with Crippen molar-refractivity contribution in [3.05, 3.63) is 52.5 Å². The first kappa shape index (κ1) is 29.4. The third kappa shape index (κ3) is 8.12. The van der Waals surface area contributed by atoms with Gasteiger partial charge in [-0.25, -0.2) is 8.42 Å². The molecule has 11 heteroatoms. The lowest BCUT2D eigenvalue weighted by atomic mass is 10.1. The van der Waals surface area contributed by atoms with Crippen LogP contribution in [0.3, 0.4) is 0 Å². The second kappa shape index (κ2) is 13.5. The van der Waals surface area contributed by atoms with Gasteiger partial charge in [-0.05, 0) is 43.2 Å². The topological polar surface area (TPSA) is 105 Å². The van der Waals surface area contributed by atoms with E-state index in [0.29, 0.717) is 18.0 Å². The Morgan fingerprint density at radius 2 is 1.69 bits per heavy atom. The molecule has 1 N–H and O–H groups in total. The summed E-state index contributed by atoms with van der Waals surface area (Å²) in [6, 6.07) is 11.2. The van der Waals surface area contributed by atoms with Crippen molar-refractivity contribution >= 4 is 43.5 Å². The van der Waals surface area contributed by atoms with Crippen LogP contribution in [0.2, 0.25) is 0 Å². The lowest BCUT2D eigenvalue weighted by Crippen LogP contribution is -2.51. The number of rotatable bonds is 13. The molecule has 0 aliphatic carbocycles. The van der Waals surface area contributed by atoms with Gasteiger partial charge < -0.3 is 19.7 Å². The molecular weight excluding hydrogens is 550 g/mol. The zero-order valence-corrected chi connectivity index (χ0v) is 23.7. The highest BCUT2D eigenvalue weighted by Gasteiger charge is 2.30. The van der Waals surface area contributed by atoms with E-state index in [9.17, 15) is 18.0 Å². The molecule has 0 heterocycles. The minimum absolute atomic E-state index is 0.137. The van der Waals surface area contributed by atoms with Crippen molar-refractivity contribution in [3.8, 4) is 11.5 Å². The van der Waals surface area contributed by atoms with Crippen LogP contribution < -0.4 is 19.1 Å². The first-order valence-electron chi connectivity index (χ1n) is 11.5. The van der Waals surface area contributed by atoms with Gasteiger partial charge in [0.05, 0.1) is 26.2 Å². The summed E-state index contributed by atoms with van der Waals surface area (Å²) in [5, 5.41) is 2.85. The molecule has 2 aromatic carbocycles. The van der Waals surface area contributed by atoms with Crippen LogP contribution in [0.4, 0.5) is 5.69 Å². The number of halogens is 1. The van der Waals surface area contributed by atoms with Gasteiger partial charge in [-0.15, -0.1) is 0 Å². The Hall–Kier alpha value is -2.79. The van der Waals surface area contributed by atoms with E-state index in [1.807, 2.05) is 31.2 Å². The number of methoxy groups -OCH3 is 2. The summed E-state index contributed by atoms with van der Waals surface area (Å²) in [5.74, 6) is -0.0658. The number of ether oxygens (including phenoxy) is 2. The second-order valence-corrected chi connectivity index (χ2v) is 11.1. The van der Waals surface area contributed by atoms with E-state index in [4.69, 9.17) is 9.47 Å². The molecule has 0 saturated heterocycles. The summed E-state index contributed by atoms with van der Waals surface area (Å²) in [4.78, 5) is 27.8. The lowest BCUT2D eigenvalue weighted by molar-refractivity contribution is -0.139. The third-order valence-electron chi connectivity index (χ3n) is 5.60. The third-order valence-corrected chi connectivity index (χ3v) is 7.27. The van der Waals surface area contributed by atoms with E-state index < -0.39 is 28.5 Å². The van der Waals surface area contributed by atoms with Crippen LogP contribution in [0.5, 0.6) is 11.5 Å². The molecule has 0 aliphatic heterocycles. The van der Waals surface area contributed by atoms with E-state index >= 15 is 0 Å². The molecule has 0 spiro atoms. The fraction of sp³-hybridized carbons (Fsp3) is 0.440. The van der Waals surface area contributed by atoms with Crippen molar-refractivity contribution in [2.75, 3.05) is 37.9 Å². The highest BCUT2D eigenvalue weighted by atomic mass is 79.9. The molecule has 0 fully saturated rings. The molecule has 9 nitrogen and oxygen atoms in total. The monoisotopic (exact) mass is 583 g/mol. The number of anilines is 1. The summed E-state index contributed by atoms with van der Waals surface area (Å²) in [6.45, 7) is 3.81. The van der Waals surface area contributed by atoms with E-state index in [0.717, 1.165) is 33.4 Å². The lowest BCUT2D eigenvalue weighted by Gasteiger charge is -2.31. The first-order chi connectivity index (χ1) is 17.0. The van der Waals surface area contributed by atoms with Crippen LogP contribution in [0.15, 0.2) is 46.9 Å². The Morgan fingerprint density at radius 3 is 2.25 bits per heavy atom. The highest BCUT2D eigenvalue weighted by molar-refractivity contribution is 9.10. The number of carbonyl (C=O) groups excluding carboxylic acids is 2. The van der Waals surface area contributed by atoms with Crippen molar-refractivity contribution in [2.24, 2.45) is 0 Å². The molecule has 1 atom stereocenters. The number of nitrogens with one attached hydrogen (secondary N) is 1. The quantitative estimate of drug-likeness (QED) is 0.361. The Morgan fingerprint density at radius 1 is 1.06 bits per heavy atom. The van der Waals surface area contributed by atoms with Gasteiger partial charge in [0.2, 0.25) is 21.8 Å².